The second kappa shape index (κ2) is 7.89. The van der Waals surface area contributed by atoms with E-state index in [1.54, 1.807) is 12.1 Å². The van der Waals surface area contributed by atoms with E-state index in [-0.39, 0.29) is 18.1 Å². The van der Waals surface area contributed by atoms with Crippen molar-refractivity contribution in [3.63, 3.8) is 0 Å². The van der Waals surface area contributed by atoms with Crippen molar-refractivity contribution in [1.82, 2.24) is 0 Å². The molecule has 5 unspecified atom stereocenters. The number of phenols is 1. The van der Waals surface area contributed by atoms with Gasteiger partial charge in [-0.1, -0.05) is 0 Å². The van der Waals surface area contributed by atoms with E-state index < -0.39 is 36.3 Å². The second-order valence-electron chi connectivity index (χ2n) is 9.12. The molecule has 9 heteroatoms. The summed E-state index contributed by atoms with van der Waals surface area (Å²) < 4.78 is 22.9. The molecule has 5 rings (SSSR count). The average Bonchev–Trinajstić information content (AvgIpc) is 3.16. The molecule has 3 heterocycles. The summed E-state index contributed by atoms with van der Waals surface area (Å²) in [6.07, 6.45) is -5.46. The number of aliphatic hydroxyl groups excluding tert-OH is 4. The lowest BCUT2D eigenvalue weighted by Gasteiger charge is -2.36. The van der Waals surface area contributed by atoms with Gasteiger partial charge < -0.3 is 44.2 Å². The Morgan fingerprint density at radius 1 is 0.970 bits per heavy atom. The third-order valence-corrected chi connectivity index (χ3v) is 6.17. The van der Waals surface area contributed by atoms with Crippen molar-refractivity contribution in [2.45, 2.75) is 56.6 Å². The fourth-order valence-corrected chi connectivity index (χ4v) is 4.13. The molecule has 2 aliphatic rings. The molecular weight excluding hydrogens is 432 g/mol. The molecule has 2 aromatic carbocycles. The van der Waals surface area contributed by atoms with Crippen LogP contribution in [0.25, 0.3) is 22.3 Å². The van der Waals surface area contributed by atoms with Crippen LogP contribution in [-0.2, 0) is 11.2 Å². The number of rotatable bonds is 3. The zero-order chi connectivity index (χ0) is 23.5. The molecule has 33 heavy (non-hydrogen) atoms. The molecule has 1 aromatic heterocycles. The monoisotopic (exact) mass is 458 g/mol. The summed E-state index contributed by atoms with van der Waals surface area (Å²) in [7, 11) is 0. The van der Waals surface area contributed by atoms with Crippen molar-refractivity contribution in [2.75, 3.05) is 6.61 Å². The van der Waals surface area contributed by atoms with Crippen molar-refractivity contribution >= 4 is 11.0 Å². The first kappa shape index (κ1) is 22.0. The standard InChI is InChI=1S/C24H26O9/c1-24(2)20(27)7-12-3-11-6-17(32-18(11)9-19(12)33-24)13-4-14(25)8-15(5-13)31-23-22(29)21(28)16(26)10-30-23/h3-6,8-9,16,20-23,25-29H,7,10H2,1-2H3. The Labute approximate surface area is 189 Å². The van der Waals surface area contributed by atoms with Gasteiger partial charge in [-0.25, -0.2) is 0 Å². The molecule has 0 bridgehead atoms. The third-order valence-electron chi connectivity index (χ3n) is 6.17. The lowest BCUT2D eigenvalue weighted by Crippen LogP contribution is -2.54. The Kier molecular flexibility index (Phi) is 5.26. The number of hydrogen-bond donors (Lipinski definition) is 5. The van der Waals surface area contributed by atoms with Gasteiger partial charge in [-0.05, 0) is 43.7 Å². The second-order valence-corrected chi connectivity index (χ2v) is 9.12. The zero-order valence-corrected chi connectivity index (χ0v) is 18.1. The highest BCUT2D eigenvalue weighted by Gasteiger charge is 2.39. The quantitative estimate of drug-likeness (QED) is 0.396. The van der Waals surface area contributed by atoms with Crippen LogP contribution in [-0.4, -0.2) is 68.4 Å². The minimum Gasteiger partial charge on any atom is -0.508 e. The van der Waals surface area contributed by atoms with E-state index in [9.17, 15) is 25.5 Å². The first-order chi connectivity index (χ1) is 15.6. The van der Waals surface area contributed by atoms with Crippen LogP contribution in [0.15, 0.2) is 40.8 Å². The fraction of sp³-hybridized carbons (Fsp3) is 0.417. The number of benzene rings is 2. The van der Waals surface area contributed by atoms with E-state index in [2.05, 4.69) is 0 Å². The molecule has 2 aliphatic heterocycles. The van der Waals surface area contributed by atoms with E-state index >= 15 is 0 Å². The molecule has 0 radical (unpaired) electrons. The first-order valence-corrected chi connectivity index (χ1v) is 10.7. The lowest BCUT2D eigenvalue weighted by molar-refractivity contribution is -0.242. The molecule has 3 aromatic rings. The summed E-state index contributed by atoms with van der Waals surface area (Å²) in [6, 6.07) is 9.97. The average molecular weight is 458 g/mol. The van der Waals surface area contributed by atoms with Gasteiger partial charge in [-0.15, -0.1) is 0 Å². The van der Waals surface area contributed by atoms with Crippen LogP contribution >= 0.6 is 0 Å². The Balaban J connectivity index is 1.45. The predicted octanol–water partition coefficient (Wildman–Crippen LogP) is 1.70. The zero-order valence-electron chi connectivity index (χ0n) is 18.1. The minimum absolute atomic E-state index is 0.0960. The van der Waals surface area contributed by atoms with Gasteiger partial charge in [-0.3, -0.25) is 0 Å². The van der Waals surface area contributed by atoms with E-state index in [1.165, 1.54) is 12.1 Å². The molecule has 0 amide bonds. The summed E-state index contributed by atoms with van der Waals surface area (Å²) in [5, 5.41) is 50.9. The van der Waals surface area contributed by atoms with Crippen molar-refractivity contribution in [1.29, 1.82) is 0 Å². The molecule has 0 spiro atoms. The lowest BCUT2D eigenvalue weighted by atomic mass is 9.90. The highest BCUT2D eigenvalue weighted by atomic mass is 16.7. The number of aromatic hydroxyl groups is 1. The molecular formula is C24H26O9. The number of hydrogen-bond acceptors (Lipinski definition) is 9. The Bertz CT molecular complexity index is 1180. The molecule has 176 valence electrons. The van der Waals surface area contributed by atoms with Crippen LogP contribution in [0.3, 0.4) is 0 Å². The van der Waals surface area contributed by atoms with E-state index in [1.807, 2.05) is 26.0 Å². The Hall–Kier alpha value is -2.82. The van der Waals surface area contributed by atoms with Gasteiger partial charge in [0.05, 0.1) is 12.7 Å². The van der Waals surface area contributed by atoms with Crippen molar-refractivity contribution < 1.29 is 44.2 Å². The van der Waals surface area contributed by atoms with E-state index in [4.69, 9.17) is 18.6 Å². The summed E-state index contributed by atoms with van der Waals surface area (Å²) in [5.41, 5.74) is 1.28. The minimum atomic E-state index is -1.46. The van der Waals surface area contributed by atoms with Gasteiger partial charge in [0.1, 0.15) is 52.5 Å². The molecule has 5 N–H and O–H groups in total. The molecule has 9 nitrogen and oxygen atoms in total. The highest BCUT2D eigenvalue weighted by molar-refractivity contribution is 5.85. The van der Waals surface area contributed by atoms with Gasteiger partial charge >= 0.3 is 0 Å². The molecule has 0 aliphatic carbocycles. The van der Waals surface area contributed by atoms with Crippen LogP contribution in [0.2, 0.25) is 0 Å². The predicted molar refractivity (Wildman–Crippen MR) is 116 cm³/mol. The van der Waals surface area contributed by atoms with Gasteiger partial charge in [0, 0.05) is 29.5 Å². The number of ether oxygens (including phenoxy) is 3. The normalized spacial score (nSPS) is 28.8. The number of furan rings is 1. The Morgan fingerprint density at radius 3 is 2.55 bits per heavy atom. The first-order valence-electron chi connectivity index (χ1n) is 10.7. The highest BCUT2D eigenvalue weighted by Crippen LogP contribution is 2.39. The summed E-state index contributed by atoms with van der Waals surface area (Å²) in [6.45, 7) is 3.47. The van der Waals surface area contributed by atoms with Crippen LogP contribution in [0, 0.1) is 0 Å². The maximum absolute atomic E-state index is 10.3. The topological polar surface area (TPSA) is 142 Å². The maximum Gasteiger partial charge on any atom is 0.228 e. The van der Waals surface area contributed by atoms with E-state index in [0.29, 0.717) is 29.1 Å². The van der Waals surface area contributed by atoms with Crippen LogP contribution in [0.4, 0.5) is 0 Å². The Morgan fingerprint density at radius 2 is 1.76 bits per heavy atom. The largest absolute Gasteiger partial charge is 0.508 e. The summed E-state index contributed by atoms with van der Waals surface area (Å²) in [4.78, 5) is 0. The van der Waals surface area contributed by atoms with Crippen molar-refractivity contribution in [3.8, 4) is 28.6 Å². The third kappa shape index (κ3) is 4.03. The van der Waals surface area contributed by atoms with Crippen molar-refractivity contribution in [2.24, 2.45) is 0 Å². The molecule has 0 saturated carbocycles. The van der Waals surface area contributed by atoms with E-state index in [0.717, 1.165) is 10.9 Å². The number of phenolic OH excluding ortho intramolecular Hbond substituents is 1. The summed E-state index contributed by atoms with van der Waals surface area (Å²) in [5.74, 6) is 1.21. The molecule has 1 fully saturated rings. The van der Waals surface area contributed by atoms with Gasteiger partial charge in [0.2, 0.25) is 6.29 Å². The van der Waals surface area contributed by atoms with Crippen LogP contribution in [0.1, 0.15) is 19.4 Å². The smallest absolute Gasteiger partial charge is 0.228 e. The maximum atomic E-state index is 10.3. The number of fused-ring (bicyclic) bond motifs is 2. The SMILES string of the molecule is CC1(C)Oc2cc3oc(-c4cc(O)cc(OC5OCC(O)C(O)C5O)c4)cc3cc2CC1O. The fourth-order valence-electron chi connectivity index (χ4n) is 4.13. The van der Waals surface area contributed by atoms with Crippen molar-refractivity contribution in [3.05, 3.63) is 42.0 Å². The van der Waals surface area contributed by atoms with Gasteiger partial charge in [0.15, 0.2) is 0 Å². The van der Waals surface area contributed by atoms with Crippen LogP contribution in [0.5, 0.6) is 17.2 Å². The summed E-state index contributed by atoms with van der Waals surface area (Å²) >= 11 is 0. The molecule has 1 saturated heterocycles. The van der Waals surface area contributed by atoms with Gasteiger partial charge in [-0.2, -0.15) is 0 Å². The molecule has 5 atom stereocenters. The number of aliphatic hydroxyl groups is 4. The van der Waals surface area contributed by atoms with Gasteiger partial charge in [0.25, 0.3) is 0 Å². The van der Waals surface area contributed by atoms with Crippen LogP contribution < -0.4 is 9.47 Å².